The molecule has 3 unspecified atom stereocenters. The van der Waals surface area contributed by atoms with Crippen molar-refractivity contribution in [2.45, 2.75) is 91.3 Å². The molecule has 4 fully saturated rings. The van der Waals surface area contributed by atoms with E-state index >= 15 is 0 Å². The number of aliphatic hydroxyl groups excluding tert-OH is 2. The molecular weight excluding hydrogens is 296 g/mol. The molecular formula is C22H38O2. The Kier molecular flexibility index (Phi) is 4.12. The molecule has 24 heavy (non-hydrogen) atoms. The van der Waals surface area contributed by atoms with Gasteiger partial charge in [-0.1, -0.05) is 34.1 Å². The van der Waals surface area contributed by atoms with Crippen molar-refractivity contribution in [2.24, 2.45) is 46.3 Å². The van der Waals surface area contributed by atoms with Gasteiger partial charge in [0.25, 0.3) is 0 Å². The fourth-order valence-corrected chi connectivity index (χ4v) is 8.22. The van der Waals surface area contributed by atoms with E-state index < -0.39 is 0 Å². The van der Waals surface area contributed by atoms with Crippen LogP contribution in [0, 0.1) is 46.3 Å². The Balaban J connectivity index is 1.73. The van der Waals surface area contributed by atoms with Crippen molar-refractivity contribution in [3.63, 3.8) is 0 Å². The Bertz CT molecular complexity index is 490. The minimum atomic E-state index is -0.140. The standard InChI is InChI=1S/C22H38O2/c1-5-15-18-12-14(23)8-10-22(18,4)17-9-11-21(3)13(2)6-7-16(21)19(17)20(15)24/h13-20,23-24H,5-12H2,1-4H3/t13?,14-,15-,16+,17+,18?,19+,20-,21?,22-/m1/s1. The van der Waals surface area contributed by atoms with Gasteiger partial charge in [-0.05, 0) is 91.3 Å². The van der Waals surface area contributed by atoms with Crippen LogP contribution in [0.4, 0.5) is 0 Å². The van der Waals surface area contributed by atoms with E-state index in [1.54, 1.807) is 0 Å². The molecule has 2 nitrogen and oxygen atoms in total. The van der Waals surface area contributed by atoms with Crippen molar-refractivity contribution >= 4 is 0 Å². The summed E-state index contributed by atoms with van der Waals surface area (Å²) in [5, 5.41) is 21.8. The summed E-state index contributed by atoms with van der Waals surface area (Å²) in [7, 11) is 0. The normalized spacial score (nSPS) is 60.2. The molecule has 0 aromatic carbocycles. The molecule has 0 saturated heterocycles. The van der Waals surface area contributed by atoms with Gasteiger partial charge in [0.1, 0.15) is 0 Å². The maximum absolute atomic E-state index is 11.5. The highest BCUT2D eigenvalue weighted by molar-refractivity contribution is 5.12. The molecule has 4 aliphatic rings. The average Bonchev–Trinajstić information content (AvgIpc) is 2.85. The third-order valence-corrected chi connectivity index (χ3v) is 9.86. The molecule has 4 saturated carbocycles. The van der Waals surface area contributed by atoms with Gasteiger partial charge in [0.05, 0.1) is 12.2 Å². The minimum absolute atomic E-state index is 0.138. The zero-order valence-corrected chi connectivity index (χ0v) is 16.2. The second-order valence-electron chi connectivity index (χ2n) is 10.4. The van der Waals surface area contributed by atoms with Crippen molar-refractivity contribution in [3.05, 3.63) is 0 Å². The lowest BCUT2D eigenvalue weighted by atomic mass is 9.41. The SMILES string of the molecule is CC[C@@H]1C2C[C@H](O)CC[C@]2(C)[C@H]2CCC3(C)C(C)CC[C@H]3[C@@H]2[C@@H]1O. The summed E-state index contributed by atoms with van der Waals surface area (Å²) in [5.41, 5.74) is 0.800. The third kappa shape index (κ3) is 2.14. The molecule has 10 atom stereocenters. The van der Waals surface area contributed by atoms with Gasteiger partial charge in [0, 0.05) is 0 Å². The van der Waals surface area contributed by atoms with Crippen LogP contribution in [0.5, 0.6) is 0 Å². The van der Waals surface area contributed by atoms with Crippen LogP contribution in [0.25, 0.3) is 0 Å². The van der Waals surface area contributed by atoms with Gasteiger partial charge < -0.3 is 10.2 Å². The predicted molar refractivity (Wildman–Crippen MR) is 97.5 cm³/mol. The molecule has 0 bridgehead atoms. The summed E-state index contributed by atoms with van der Waals surface area (Å²) < 4.78 is 0. The lowest BCUT2D eigenvalue weighted by Gasteiger charge is -2.64. The molecule has 0 aliphatic heterocycles. The Labute approximate surface area is 148 Å². The van der Waals surface area contributed by atoms with Gasteiger partial charge in [-0.25, -0.2) is 0 Å². The topological polar surface area (TPSA) is 40.5 Å². The lowest BCUT2D eigenvalue weighted by Crippen LogP contribution is -2.62. The molecule has 0 spiro atoms. The van der Waals surface area contributed by atoms with E-state index in [0.717, 1.165) is 31.1 Å². The largest absolute Gasteiger partial charge is 0.393 e. The van der Waals surface area contributed by atoms with E-state index in [2.05, 4.69) is 27.7 Å². The highest BCUT2D eigenvalue weighted by Gasteiger charge is 2.63. The molecule has 0 aromatic heterocycles. The summed E-state index contributed by atoms with van der Waals surface area (Å²) in [6.07, 6.45) is 9.20. The summed E-state index contributed by atoms with van der Waals surface area (Å²) in [5.74, 6) is 3.64. The first-order valence-electron chi connectivity index (χ1n) is 10.7. The highest BCUT2D eigenvalue weighted by atomic mass is 16.3. The Morgan fingerprint density at radius 1 is 0.875 bits per heavy atom. The maximum atomic E-state index is 11.5. The van der Waals surface area contributed by atoms with E-state index in [1.807, 2.05) is 0 Å². The smallest absolute Gasteiger partial charge is 0.0605 e. The van der Waals surface area contributed by atoms with Crippen LogP contribution in [0.15, 0.2) is 0 Å². The molecule has 4 aliphatic carbocycles. The minimum Gasteiger partial charge on any atom is -0.393 e. The average molecular weight is 335 g/mol. The van der Waals surface area contributed by atoms with Crippen molar-refractivity contribution in [2.75, 3.05) is 0 Å². The van der Waals surface area contributed by atoms with E-state index in [9.17, 15) is 10.2 Å². The van der Waals surface area contributed by atoms with Gasteiger partial charge in [-0.3, -0.25) is 0 Å². The quantitative estimate of drug-likeness (QED) is 0.734. The Hall–Kier alpha value is -0.0800. The van der Waals surface area contributed by atoms with E-state index in [1.165, 1.54) is 32.1 Å². The summed E-state index contributed by atoms with van der Waals surface area (Å²) in [6, 6.07) is 0. The predicted octanol–water partition coefficient (Wildman–Crippen LogP) is 4.63. The van der Waals surface area contributed by atoms with Gasteiger partial charge in [-0.2, -0.15) is 0 Å². The highest BCUT2D eigenvalue weighted by Crippen LogP contribution is 2.68. The third-order valence-electron chi connectivity index (χ3n) is 9.86. The van der Waals surface area contributed by atoms with Crippen LogP contribution < -0.4 is 0 Å². The molecule has 2 N–H and O–H groups in total. The molecule has 138 valence electrons. The van der Waals surface area contributed by atoms with Crippen molar-refractivity contribution in [1.29, 1.82) is 0 Å². The van der Waals surface area contributed by atoms with E-state index in [4.69, 9.17) is 0 Å². The number of aliphatic hydroxyl groups is 2. The van der Waals surface area contributed by atoms with Crippen LogP contribution >= 0.6 is 0 Å². The fraction of sp³-hybridized carbons (Fsp3) is 1.00. The number of fused-ring (bicyclic) bond motifs is 5. The first kappa shape index (κ1) is 17.3. The van der Waals surface area contributed by atoms with Crippen LogP contribution in [-0.4, -0.2) is 22.4 Å². The summed E-state index contributed by atoms with van der Waals surface area (Å²) in [6.45, 7) is 9.76. The monoisotopic (exact) mass is 334 g/mol. The van der Waals surface area contributed by atoms with Crippen LogP contribution in [0.2, 0.25) is 0 Å². The van der Waals surface area contributed by atoms with Gasteiger partial charge in [0.15, 0.2) is 0 Å². The first-order chi connectivity index (χ1) is 11.3. The zero-order chi connectivity index (χ0) is 17.3. The van der Waals surface area contributed by atoms with E-state index in [-0.39, 0.29) is 12.2 Å². The van der Waals surface area contributed by atoms with Gasteiger partial charge in [0.2, 0.25) is 0 Å². The molecule has 0 amide bonds. The van der Waals surface area contributed by atoms with Gasteiger partial charge >= 0.3 is 0 Å². The van der Waals surface area contributed by atoms with E-state index in [0.29, 0.717) is 34.5 Å². The molecule has 0 heterocycles. The summed E-state index contributed by atoms with van der Waals surface area (Å²) >= 11 is 0. The lowest BCUT2D eigenvalue weighted by molar-refractivity contribution is -0.201. The maximum Gasteiger partial charge on any atom is 0.0605 e. The molecule has 4 rings (SSSR count). The van der Waals surface area contributed by atoms with Crippen LogP contribution in [0.1, 0.15) is 79.1 Å². The second-order valence-corrected chi connectivity index (χ2v) is 10.4. The first-order valence-corrected chi connectivity index (χ1v) is 10.7. The van der Waals surface area contributed by atoms with Crippen LogP contribution in [0.3, 0.4) is 0 Å². The number of hydrogen-bond acceptors (Lipinski definition) is 2. The zero-order valence-electron chi connectivity index (χ0n) is 16.2. The molecule has 0 aromatic rings. The second kappa shape index (κ2) is 5.71. The van der Waals surface area contributed by atoms with Crippen molar-refractivity contribution < 1.29 is 10.2 Å². The number of hydrogen-bond donors (Lipinski definition) is 2. The molecule has 0 radical (unpaired) electrons. The van der Waals surface area contributed by atoms with Gasteiger partial charge in [-0.15, -0.1) is 0 Å². The summed E-state index contributed by atoms with van der Waals surface area (Å²) in [4.78, 5) is 0. The van der Waals surface area contributed by atoms with Crippen molar-refractivity contribution in [1.82, 2.24) is 0 Å². The Morgan fingerprint density at radius 3 is 2.25 bits per heavy atom. The Morgan fingerprint density at radius 2 is 1.54 bits per heavy atom. The fourth-order valence-electron chi connectivity index (χ4n) is 8.22. The van der Waals surface area contributed by atoms with Crippen molar-refractivity contribution in [3.8, 4) is 0 Å². The number of rotatable bonds is 1. The van der Waals surface area contributed by atoms with Crippen LogP contribution in [-0.2, 0) is 0 Å². The molecule has 2 heteroatoms.